The molecule has 3 nitrogen and oxygen atoms in total. The summed E-state index contributed by atoms with van der Waals surface area (Å²) in [4.78, 5) is 0. The molecule has 0 fully saturated rings. The molecule has 2 aromatic rings. The first kappa shape index (κ1) is 15.5. The Labute approximate surface area is 126 Å². The van der Waals surface area contributed by atoms with E-state index >= 15 is 0 Å². The molecule has 0 bridgehead atoms. The van der Waals surface area contributed by atoms with Crippen molar-refractivity contribution < 1.29 is 9.84 Å². The van der Waals surface area contributed by atoms with Gasteiger partial charge < -0.3 is 15.2 Å². The number of nitrogens with one attached hydrogen (secondary N) is 1. The Kier molecular flexibility index (Phi) is 6.25. The van der Waals surface area contributed by atoms with E-state index < -0.39 is 0 Å². The molecule has 2 rings (SSSR count). The van der Waals surface area contributed by atoms with Crippen LogP contribution in [-0.4, -0.2) is 24.3 Å². The third-order valence-electron chi connectivity index (χ3n) is 3.35. The van der Waals surface area contributed by atoms with Gasteiger partial charge in [-0.25, -0.2) is 0 Å². The Hall–Kier alpha value is -1.84. The molecule has 2 N–H and O–H groups in total. The molecule has 0 aliphatic carbocycles. The van der Waals surface area contributed by atoms with E-state index in [-0.39, 0.29) is 6.61 Å². The third-order valence-corrected chi connectivity index (χ3v) is 3.35. The maximum Gasteiger partial charge on any atom is 0.119 e. The summed E-state index contributed by atoms with van der Waals surface area (Å²) in [6.45, 7) is 3.70. The van der Waals surface area contributed by atoms with E-state index in [0.717, 1.165) is 24.3 Å². The fourth-order valence-corrected chi connectivity index (χ4v) is 2.21. The van der Waals surface area contributed by atoms with Gasteiger partial charge in [0.15, 0.2) is 0 Å². The lowest BCUT2D eigenvalue weighted by Crippen LogP contribution is -2.31. The molecule has 21 heavy (non-hydrogen) atoms. The van der Waals surface area contributed by atoms with Crippen molar-refractivity contribution in [3.63, 3.8) is 0 Å². The van der Waals surface area contributed by atoms with Gasteiger partial charge in [-0.2, -0.15) is 0 Å². The van der Waals surface area contributed by atoms with E-state index in [2.05, 4.69) is 36.5 Å². The fourth-order valence-electron chi connectivity index (χ4n) is 2.21. The van der Waals surface area contributed by atoms with E-state index in [0.29, 0.717) is 12.6 Å². The molecule has 1 atom stereocenters. The topological polar surface area (TPSA) is 41.5 Å². The Morgan fingerprint density at radius 3 is 2.38 bits per heavy atom. The third kappa shape index (κ3) is 5.58. The first-order valence-electron chi connectivity index (χ1n) is 7.38. The molecule has 0 radical (unpaired) electrons. The molecule has 0 spiro atoms. The molecule has 3 heteroatoms. The highest BCUT2D eigenvalue weighted by molar-refractivity contribution is 5.26. The zero-order chi connectivity index (χ0) is 14.9. The monoisotopic (exact) mass is 285 g/mol. The molecule has 0 saturated carbocycles. The van der Waals surface area contributed by atoms with Gasteiger partial charge in [0, 0.05) is 12.6 Å². The zero-order valence-corrected chi connectivity index (χ0v) is 12.5. The second-order valence-electron chi connectivity index (χ2n) is 5.20. The van der Waals surface area contributed by atoms with Gasteiger partial charge in [-0.1, -0.05) is 42.5 Å². The van der Waals surface area contributed by atoms with Crippen LogP contribution in [0.2, 0.25) is 0 Å². The number of aliphatic hydroxyl groups is 1. The molecule has 2 aromatic carbocycles. The highest BCUT2D eigenvalue weighted by atomic mass is 16.5. The van der Waals surface area contributed by atoms with Crippen LogP contribution in [0.4, 0.5) is 0 Å². The van der Waals surface area contributed by atoms with Crippen LogP contribution in [0.5, 0.6) is 5.75 Å². The van der Waals surface area contributed by atoms with Gasteiger partial charge in [-0.15, -0.1) is 0 Å². The lowest BCUT2D eigenvalue weighted by atomic mass is 10.1. The molecular formula is C18H23NO2. The van der Waals surface area contributed by atoms with Gasteiger partial charge in [0.2, 0.25) is 0 Å². The predicted molar refractivity (Wildman–Crippen MR) is 85.5 cm³/mol. The summed E-state index contributed by atoms with van der Waals surface area (Å²) in [6.07, 6.45) is 1.02. The van der Waals surface area contributed by atoms with Crippen LogP contribution in [0.25, 0.3) is 0 Å². The second-order valence-corrected chi connectivity index (χ2v) is 5.20. The maximum absolute atomic E-state index is 8.97. The smallest absolute Gasteiger partial charge is 0.119 e. The summed E-state index contributed by atoms with van der Waals surface area (Å²) >= 11 is 0. The van der Waals surface area contributed by atoms with Gasteiger partial charge in [-0.3, -0.25) is 0 Å². The van der Waals surface area contributed by atoms with Crippen molar-refractivity contribution >= 4 is 0 Å². The van der Waals surface area contributed by atoms with Gasteiger partial charge in [0.1, 0.15) is 12.4 Å². The molecule has 0 aliphatic rings. The molecule has 0 heterocycles. The van der Waals surface area contributed by atoms with Gasteiger partial charge in [-0.05, 0) is 36.6 Å². The first-order chi connectivity index (χ1) is 10.3. The summed E-state index contributed by atoms with van der Waals surface area (Å²) in [7, 11) is 0. The minimum Gasteiger partial charge on any atom is -0.492 e. The highest BCUT2D eigenvalue weighted by Gasteiger charge is 2.02. The van der Waals surface area contributed by atoms with Crippen LogP contribution < -0.4 is 10.1 Å². The van der Waals surface area contributed by atoms with Gasteiger partial charge in [0.05, 0.1) is 6.61 Å². The molecular weight excluding hydrogens is 262 g/mol. The van der Waals surface area contributed by atoms with E-state index in [9.17, 15) is 0 Å². The molecule has 1 unspecified atom stereocenters. The summed E-state index contributed by atoms with van der Waals surface area (Å²) in [5, 5.41) is 12.4. The lowest BCUT2D eigenvalue weighted by Gasteiger charge is -2.14. The van der Waals surface area contributed by atoms with Crippen molar-refractivity contribution in [2.24, 2.45) is 0 Å². The minimum atomic E-state index is 0.0683. The van der Waals surface area contributed by atoms with Gasteiger partial charge >= 0.3 is 0 Å². The van der Waals surface area contributed by atoms with Gasteiger partial charge in [0.25, 0.3) is 0 Å². The summed E-state index contributed by atoms with van der Waals surface area (Å²) < 4.78 is 5.66. The number of rotatable bonds is 8. The summed E-state index contributed by atoms with van der Waals surface area (Å²) in [6, 6.07) is 18.4. The van der Waals surface area contributed by atoms with Crippen molar-refractivity contribution in [1.29, 1.82) is 0 Å². The van der Waals surface area contributed by atoms with E-state index in [1.54, 1.807) is 0 Å². The van der Waals surface area contributed by atoms with Crippen LogP contribution in [0.3, 0.4) is 0 Å². The predicted octanol–water partition coefficient (Wildman–Crippen LogP) is 2.78. The van der Waals surface area contributed by atoms with Crippen molar-refractivity contribution in [1.82, 2.24) is 5.32 Å². The Bertz CT molecular complexity index is 511. The Balaban J connectivity index is 1.64. The highest BCUT2D eigenvalue weighted by Crippen LogP contribution is 2.11. The number of aliphatic hydroxyl groups excluding tert-OH is 1. The van der Waals surface area contributed by atoms with E-state index in [1.807, 2.05) is 30.3 Å². The first-order valence-corrected chi connectivity index (χ1v) is 7.38. The van der Waals surface area contributed by atoms with Crippen molar-refractivity contribution in [2.45, 2.75) is 26.0 Å². The molecule has 0 saturated heterocycles. The van der Waals surface area contributed by atoms with Crippen LogP contribution in [-0.2, 0) is 13.0 Å². The van der Waals surface area contributed by atoms with E-state index in [1.165, 1.54) is 5.56 Å². The second kappa shape index (κ2) is 8.45. The largest absolute Gasteiger partial charge is 0.492 e. The quantitative estimate of drug-likeness (QED) is 0.733. The zero-order valence-electron chi connectivity index (χ0n) is 12.5. The molecule has 0 amide bonds. The fraction of sp³-hybridized carbons (Fsp3) is 0.333. The van der Waals surface area contributed by atoms with Crippen LogP contribution in [0, 0.1) is 0 Å². The lowest BCUT2D eigenvalue weighted by molar-refractivity contribution is 0.281. The Morgan fingerprint density at radius 2 is 1.71 bits per heavy atom. The molecule has 0 aliphatic heterocycles. The van der Waals surface area contributed by atoms with Crippen LogP contribution in [0.15, 0.2) is 54.6 Å². The van der Waals surface area contributed by atoms with E-state index in [4.69, 9.17) is 9.84 Å². The Morgan fingerprint density at radius 1 is 1.00 bits per heavy atom. The standard InChI is InChI=1S/C18H23NO2/c1-15(13-16-5-3-2-4-6-16)19-11-12-21-18-9-7-17(14-20)8-10-18/h2-10,15,19-20H,11-14H2,1H3. The van der Waals surface area contributed by atoms with Crippen molar-refractivity contribution in [3.05, 3.63) is 65.7 Å². The van der Waals surface area contributed by atoms with Crippen molar-refractivity contribution in [3.8, 4) is 5.75 Å². The maximum atomic E-state index is 8.97. The SMILES string of the molecule is CC(Cc1ccccc1)NCCOc1ccc(CO)cc1. The normalized spacial score (nSPS) is 12.1. The number of hydrogen-bond acceptors (Lipinski definition) is 3. The number of benzene rings is 2. The molecule has 112 valence electrons. The van der Waals surface area contributed by atoms with Crippen molar-refractivity contribution in [2.75, 3.05) is 13.2 Å². The average molecular weight is 285 g/mol. The van der Waals surface area contributed by atoms with Crippen LogP contribution >= 0.6 is 0 Å². The number of hydrogen-bond donors (Lipinski definition) is 2. The van der Waals surface area contributed by atoms with Crippen LogP contribution in [0.1, 0.15) is 18.1 Å². The minimum absolute atomic E-state index is 0.0683. The number of ether oxygens (including phenoxy) is 1. The summed E-state index contributed by atoms with van der Waals surface area (Å²) in [5.41, 5.74) is 2.25. The summed E-state index contributed by atoms with van der Waals surface area (Å²) in [5.74, 6) is 0.838. The average Bonchev–Trinajstić information content (AvgIpc) is 2.53. The molecule has 0 aromatic heterocycles.